The number of nitrogens with one attached hydrogen (secondary N) is 2. The van der Waals surface area contributed by atoms with Gasteiger partial charge in [-0.25, -0.2) is 0 Å². The number of rotatable bonds is 7. The molecule has 1 aromatic carbocycles. The Morgan fingerprint density at radius 3 is 2.71 bits per heavy atom. The van der Waals surface area contributed by atoms with E-state index < -0.39 is 5.92 Å². The van der Waals surface area contributed by atoms with Crippen molar-refractivity contribution in [2.45, 2.75) is 31.6 Å². The zero-order valence-corrected chi connectivity index (χ0v) is 13.5. The number of fused-ring (bicyclic) bond motifs is 1. The van der Waals surface area contributed by atoms with E-state index in [9.17, 15) is 9.59 Å². The van der Waals surface area contributed by atoms with Crippen LogP contribution in [0, 0.1) is 0 Å². The number of nitrogens with zero attached hydrogens (tertiary/aromatic N) is 1. The first-order chi connectivity index (χ1) is 11.7. The molecule has 126 valence electrons. The van der Waals surface area contributed by atoms with E-state index in [0.29, 0.717) is 18.8 Å². The highest BCUT2D eigenvalue weighted by molar-refractivity contribution is 6.52. The highest BCUT2D eigenvalue weighted by atomic mass is 16.2. The molecule has 1 atom stereocenters. The Morgan fingerprint density at radius 1 is 1.08 bits per heavy atom. The van der Waals surface area contributed by atoms with E-state index >= 15 is 0 Å². The van der Waals surface area contributed by atoms with Crippen molar-refractivity contribution in [2.24, 2.45) is 10.7 Å². The molecule has 0 radical (unpaired) electrons. The number of amides is 2. The zero-order valence-electron chi connectivity index (χ0n) is 13.5. The summed E-state index contributed by atoms with van der Waals surface area (Å²) in [6.07, 6.45) is 5.79. The summed E-state index contributed by atoms with van der Waals surface area (Å²) in [6, 6.07) is 7.74. The number of benzene rings is 1. The number of nitrogens with two attached hydrogens (primary N) is 1. The summed E-state index contributed by atoms with van der Waals surface area (Å²) in [5.41, 5.74) is 7.54. The lowest BCUT2D eigenvalue weighted by Crippen LogP contribution is -2.22. The van der Waals surface area contributed by atoms with Crippen molar-refractivity contribution in [2.75, 3.05) is 13.1 Å². The molecule has 0 saturated carbocycles. The Bertz CT molecular complexity index is 778. The van der Waals surface area contributed by atoms with Crippen molar-refractivity contribution in [1.29, 1.82) is 0 Å². The van der Waals surface area contributed by atoms with E-state index in [-0.39, 0.29) is 11.8 Å². The molecule has 1 aliphatic heterocycles. The molecule has 6 heteroatoms. The molecule has 2 heterocycles. The zero-order chi connectivity index (χ0) is 16.9. The smallest absolute Gasteiger partial charge is 0.272 e. The lowest BCUT2D eigenvalue weighted by molar-refractivity contribution is -0.124. The van der Waals surface area contributed by atoms with Crippen LogP contribution in [-0.4, -0.2) is 35.6 Å². The van der Waals surface area contributed by atoms with Crippen LogP contribution >= 0.6 is 0 Å². The second-order valence-corrected chi connectivity index (χ2v) is 6.01. The molecule has 1 aromatic heterocycles. The lowest BCUT2D eigenvalue weighted by atomic mass is 9.95. The summed E-state index contributed by atoms with van der Waals surface area (Å²) in [4.78, 5) is 32.0. The van der Waals surface area contributed by atoms with E-state index in [0.717, 1.165) is 42.1 Å². The molecule has 24 heavy (non-hydrogen) atoms. The van der Waals surface area contributed by atoms with E-state index in [1.54, 1.807) is 6.20 Å². The van der Waals surface area contributed by atoms with Crippen LogP contribution in [0.1, 0.15) is 37.2 Å². The summed E-state index contributed by atoms with van der Waals surface area (Å²) < 4.78 is 0. The van der Waals surface area contributed by atoms with Crippen LogP contribution in [0.2, 0.25) is 0 Å². The van der Waals surface area contributed by atoms with Crippen molar-refractivity contribution in [3.63, 3.8) is 0 Å². The van der Waals surface area contributed by atoms with Crippen molar-refractivity contribution >= 4 is 28.4 Å². The first-order valence-electron chi connectivity index (χ1n) is 8.38. The minimum atomic E-state index is -0.627. The van der Waals surface area contributed by atoms with Gasteiger partial charge in [0.05, 0.1) is 0 Å². The molecule has 2 amide bonds. The van der Waals surface area contributed by atoms with E-state index in [1.165, 1.54) is 0 Å². The Labute approximate surface area is 140 Å². The molecule has 1 aliphatic rings. The third-order valence-corrected chi connectivity index (χ3v) is 4.33. The largest absolute Gasteiger partial charge is 0.361 e. The van der Waals surface area contributed by atoms with Crippen molar-refractivity contribution in [1.82, 2.24) is 10.3 Å². The number of aliphatic imine (C=N–C) groups is 1. The third-order valence-electron chi connectivity index (χ3n) is 4.33. The number of unbranched alkanes of at least 4 members (excludes halogenated alkanes) is 3. The van der Waals surface area contributed by atoms with Gasteiger partial charge in [0, 0.05) is 23.6 Å². The monoisotopic (exact) mass is 326 g/mol. The predicted molar refractivity (Wildman–Crippen MR) is 94.0 cm³/mol. The van der Waals surface area contributed by atoms with Crippen LogP contribution in [0.4, 0.5) is 0 Å². The molecule has 1 saturated heterocycles. The number of para-hydroxylation sites is 1. The van der Waals surface area contributed by atoms with Gasteiger partial charge >= 0.3 is 0 Å². The molecule has 3 rings (SSSR count). The fourth-order valence-corrected chi connectivity index (χ4v) is 3.10. The molecule has 6 nitrogen and oxygen atoms in total. The highest BCUT2D eigenvalue weighted by Gasteiger charge is 2.40. The summed E-state index contributed by atoms with van der Waals surface area (Å²) >= 11 is 0. The lowest BCUT2D eigenvalue weighted by Gasteiger charge is -2.06. The van der Waals surface area contributed by atoms with Crippen LogP contribution in [0.5, 0.6) is 0 Å². The van der Waals surface area contributed by atoms with Gasteiger partial charge in [-0.3, -0.25) is 19.9 Å². The number of imide groups is 1. The van der Waals surface area contributed by atoms with Crippen LogP contribution in [-0.2, 0) is 9.59 Å². The van der Waals surface area contributed by atoms with Gasteiger partial charge in [0.25, 0.3) is 5.91 Å². The van der Waals surface area contributed by atoms with E-state index in [2.05, 4.69) is 15.3 Å². The predicted octanol–water partition coefficient (Wildman–Crippen LogP) is 1.87. The average Bonchev–Trinajstić information content (AvgIpc) is 3.11. The maximum Gasteiger partial charge on any atom is 0.272 e. The van der Waals surface area contributed by atoms with Gasteiger partial charge in [0.1, 0.15) is 11.6 Å². The minimum Gasteiger partial charge on any atom is -0.361 e. The normalized spacial score (nSPS) is 19.4. The molecular weight excluding hydrogens is 304 g/mol. The molecule has 2 aromatic rings. The maximum absolute atomic E-state index is 12.3. The highest BCUT2D eigenvalue weighted by Crippen LogP contribution is 2.29. The number of H-pyrrole nitrogens is 1. The van der Waals surface area contributed by atoms with Gasteiger partial charge in [0.15, 0.2) is 0 Å². The summed E-state index contributed by atoms with van der Waals surface area (Å²) in [7, 11) is 0. The van der Waals surface area contributed by atoms with Gasteiger partial charge in [-0.15, -0.1) is 0 Å². The molecule has 0 aliphatic carbocycles. The van der Waals surface area contributed by atoms with Gasteiger partial charge in [-0.05, 0) is 31.0 Å². The Kier molecular flexibility index (Phi) is 5.05. The van der Waals surface area contributed by atoms with E-state index in [1.807, 2.05) is 24.3 Å². The van der Waals surface area contributed by atoms with Gasteiger partial charge in [-0.1, -0.05) is 31.0 Å². The van der Waals surface area contributed by atoms with Crippen LogP contribution < -0.4 is 11.1 Å². The van der Waals surface area contributed by atoms with Crippen LogP contribution in [0.15, 0.2) is 35.5 Å². The molecule has 4 N–H and O–H groups in total. The van der Waals surface area contributed by atoms with Crippen molar-refractivity contribution < 1.29 is 9.59 Å². The number of aromatic amines is 1. The van der Waals surface area contributed by atoms with Gasteiger partial charge in [0.2, 0.25) is 5.91 Å². The first-order valence-corrected chi connectivity index (χ1v) is 8.38. The Hall–Kier alpha value is -2.47. The number of carbonyl (C=O) groups is 2. The molecule has 1 unspecified atom stereocenters. The SMILES string of the molecule is NCCCCCCN=C1C(=O)NC(=O)C1c1c[nH]c2ccccc12. The Morgan fingerprint density at radius 2 is 1.88 bits per heavy atom. The number of carbonyl (C=O) groups excluding carboxylic acids is 2. The quantitative estimate of drug-likeness (QED) is 0.535. The molecular formula is C18H22N4O2. The number of aromatic nitrogens is 1. The fourth-order valence-electron chi connectivity index (χ4n) is 3.10. The second-order valence-electron chi connectivity index (χ2n) is 6.01. The minimum absolute atomic E-state index is 0.299. The average molecular weight is 326 g/mol. The van der Waals surface area contributed by atoms with E-state index in [4.69, 9.17) is 5.73 Å². The van der Waals surface area contributed by atoms with Crippen LogP contribution in [0.25, 0.3) is 10.9 Å². The molecule has 0 spiro atoms. The number of hydrogen-bond acceptors (Lipinski definition) is 4. The van der Waals surface area contributed by atoms with Gasteiger partial charge < -0.3 is 10.7 Å². The molecule has 1 fully saturated rings. The van der Waals surface area contributed by atoms with Gasteiger partial charge in [-0.2, -0.15) is 0 Å². The standard InChI is InChI=1S/C18H22N4O2/c19-9-5-1-2-6-10-20-16-15(17(23)22-18(16)24)13-11-21-14-8-4-3-7-12(13)14/h3-4,7-8,11,15,21H,1-2,5-6,9-10,19H2,(H,22,23,24). The molecule has 0 bridgehead atoms. The summed E-state index contributed by atoms with van der Waals surface area (Å²) in [5, 5.41) is 3.34. The Balaban J connectivity index is 1.79. The fraction of sp³-hybridized carbons (Fsp3) is 0.389. The first kappa shape index (κ1) is 16.4. The van der Waals surface area contributed by atoms with Crippen LogP contribution in [0.3, 0.4) is 0 Å². The maximum atomic E-state index is 12.3. The summed E-state index contributed by atoms with van der Waals surface area (Å²) in [5.74, 6) is -1.30. The van der Waals surface area contributed by atoms with Crippen molar-refractivity contribution in [3.05, 3.63) is 36.0 Å². The third kappa shape index (κ3) is 3.23. The van der Waals surface area contributed by atoms with Crippen molar-refractivity contribution in [3.8, 4) is 0 Å². The number of hydrogen-bond donors (Lipinski definition) is 3. The topological polar surface area (TPSA) is 100 Å². The summed E-state index contributed by atoms with van der Waals surface area (Å²) in [6.45, 7) is 1.26. The second kappa shape index (κ2) is 7.40.